The van der Waals surface area contributed by atoms with Crippen LogP contribution >= 0.6 is 12.4 Å². The first-order valence-corrected chi connectivity index (χ1v) is 12.0. The van der Waals surface area contributed by atoms with Gasteiger partial charge in [0, 0.05) is 24.7 Å². The summed E-state index contributed by atoms with van der Waals surface area (Å²) in [6, 6.07) is 16.3. The van der Waals surface area contributed by atoms with E-state index in [2.05, 4.69) is 54.1 Å². The highest BCUT2D eigenvalue weighted by Gasteiger charge is 2.28. The minimum atomic E-state index is -0.158. The summed E-state index contributed by atoms with van der Waals surface area (Å²) in [5, 5.41) is 9.58. The molecule has 1 atom stereocenters. The van der Waals surface area contributed by atoms with Crippen molar-refractivity contribution in [3.8, 4) is 0 Å². The monoisotopic (exact) mass is 469 g/mol. The molecule has 0 spiro atoms. The summed E-state index contributed by atoms with van der Waals surface area (Å²) in [5.41, 5.74) is 4.69. The molecular formula is C27H36ClN3O2. The number of hydrogen-bond donors (Lipinski definition) is 3. The van der Waals surface area contributed by atoms with Gasteiger partial charge in [0.15, 0.2) is 0 Å². The fraction of sp³-hybridized carbons (Fsp3) is 0.481. The summed E-state index contributed by atoms with van der Waals surface area (Å²) in [5.74, 6) is 1.20. The lowest BCUT2D eigenvalue weighted by atomic mass is 9.81. The van der Waals surface area contributed by atoms with E-state index in [1.807, 2.05) is 24.3 Å². The molecule has 4 rings (SSSR count). The van der Waals surface area contributed by atoms with E-state index in [0.29, 0.717) is 18.4 Å². The molecule has 5 nitrogen and oxygen atoms in total. The van der Waals surface area contributed by atoms with Crippen LogP contribution in [0, 0.1) is 11.8 Å². The molecule has 0 radical (unpaired) electrons. The van der Waals surface area contributed by atoms with Gasteiger partial charge in [-0.15, -0.1) is 12.4 Å². The summed E-state index contributed by atoms with van der Waals surface area (Å²) in [6.45, 7) is 5.77. The van der Waals surface area contributed by atoms with Crippen molar-refractivity contribution in [2.75, 3.05) is 11.9 Å². The van der Waals surface area contributed by atoms with Gasteiger partial charge >= 0.3 is 0 Å². The largest absolute Gasteiger partial charge is 0.354 e. The van der Waals surface area contributed by atoms with Crippen molar-refractivity contribution < 1.29 is 9.59 Å². The lowest BCUT2D eigenvalue weighted by molar-refractivity contribution is -0.124. The number of anilines is 1. The van der Waals surface area contributed by atoms with Gasteiger partial charge in [0.05, 0.1) is 6.04 Å². The Morgan fingerprint density at radius 3 is 2.27 bits per heavy atom. The van der Waals surface area contributed by atoms with Crippen LogP contribution in [0.3, 0.4) is 0 Å². The maximum atomic E-state index is 12.7. The van der Waals surface area contributed by atoms with Gasteiger partial charge in [0.1, 0.15) is 0 Å². The van der Waals surface area contributed by atoms with Crippen molar-refractivity contribution in [1.29, 1.82) is 0 Å². The van der Waals surface area contributed by atoms with E-state index < -0.39 is 0 Å². The molecule has 1 heterocycles. The Morgan fingerprint density at radius 1 is 0.939 bits per heavy atom. The third-order valence-electron chi connectivity index (χ3n) is 7.03. The van der Waals surface area contributed by atoms with Crippen molar-refractivity contribution >= 4 is 29.9 Å². The van der Waals surface area contributed by atoms with Crippen LogP contribution in [0.15, 0.2) is 48.5 Å². The number of rotatable bonds is 6. The van der Waals surface area contributed by atoms with Crippen LogP contribution < -0.4 is 16.0 Å². The third kappa shape index (κ3) is 6.58. The number of fused-ring (bicyclic) bond motifs is 1. The molecular weight excluding hydrogens is 434 g/mol. The number of amides is 2. The number of carbonyl (C=O) groups excluding carboxylic acids is 2. The Labute approximate surface area is 203 Å². The molecule has 2 amide bonds. The number of nitrogens with one attached hydrogen (secondary N) is 3. The van der Waals surface area contributed by atoms with Gasteiger partial charge in [0.25, 0.3) is 0 Å². The number of carbonyl (C=O) groups is 2. The standard InChI is InChI=1S/C27H35N3O2.ClH/c1-18(2)20-11-13-24(14-12-20)30-26(31)21-9-7-19(8-10-21)16-29-27(32)25-15-22-5-3-4-6-23(22)17-28-25;/h3-6,11-14,18-19,21,25,28H,7-10,15-17H2,1-2H3,(H,29,32)(H,30,31);1H. The van der Waals surface area contributed by atoms with Gasteiger partial charge in [-0.3, -0.25) is 9.59 Å². The van der Waals surface area contributed by atoms with Crippen LogP contribution in [0.4, 0.5) is 5.69 Å². The topological polar surface area (TPSA) is 70.2 Å². The van der Waals surface area contributed by atoms with Gasteiger partial charge in [-0.2, -0.15) is 0 Å². The van der Waals surface area contributed by atoms with Crippen molar-refractivity contribution in [2.45, 2.75) is 64.5 Å². The summed E-state index contributed by atoms with van der Waals surface area (Å²) in [7, 11) is 0. The average molecular weight is 470 g/mol. The van der Waals surface area contributed by atoms with Gasteiger partial charge in [-0.1, -0.05) is 50.2 Å². The molecule has 3 N–H and O–H groups in total. The van der Waals surface area contributed by atoms with Crippen molar-refractivity contribution in [3.05, 3.63) is 65.2 Å². The van der Waals surface area contributed by atoms with E-state index in [1.54, 1.807) is 0 Å². The molecule has 1 aliphatic carbocycles. The molecule has 1 aliphatic heterocycles. The predicted molar refractivity (Wildman–Crippen MR) is 136 cm³/mol. The van der Waals surface area contributed by atoms with E-state index >= 15 is 0 Å². The zero-order valence-electron chi connectivity index (χ0n) is 19.6. The Hall–Kier alpha value is -2.37. The zero-order valence-corrected chi connectivity index (χ0v) is 20.4. The third-order valence-corrected chi connectivity index (χ3v) is 7.03. The van der Waals surface area contributed by atoms with Crippen LogP contribution in [0.25, 0.3) is 0 Å². The second-order valence-electron chi connectivity index (χ2n) is 9.64. The molecule has 6 heteroatoms. The van der Waals surface area contributed by atoms with E-state index in [9.17, 15) is 9.59 Å². The van der Waals surface area contributed by atoms with E-state index in [0.717, 1.165) is 44.3 Å². The quantitative estimate of drug-likeness (QED) is 0.568. The maximum Gasteiger partial charge on any atom is 0.237 e. The highest BCUT2D eigenvalue weighted by atomic mass is 35.5. The smallest absolute Gasteiger partial charge is 0.237 e. The van der Waals surface area contributed by atoms with Crippen LogP contribution in [0.2, 0.25) is 0 Å². The summed E-state index contributed by atoms with van der Waals surface area (Å²) < 4.78 is 0. The van der Waals surface area contributed by atoms with E-state index in [-0.39, 0.29) is 36.2 Å². The predicted octanol–water partition coefficient (Wildman–Crippen LogP) is 4.81. The lowest BCUT2D eigenvalue weighted by Gasteiger charge is -2.29. The molecule has 2 aromatic carbocycles. The molecule has 178 valence electrons. The summed E-state index contributed by atoms with van der Waals surface area (Å²) in [6.07, 6.45) is 4.46. The molecule has 0 saturated heterocycles. The molecule has 1 unspecified atom stereocenters. The van der Waals surface area contributed by atoms with Crippen LogP contribution in [0.1, 0.15) is 62.1 Å². The van der Waals surface area contributed by atoms with Gasteiger partial charge in [-0.05, 0) is 72.8 Å². The molecule has 1 saturated carbocycles. The average Bonchev–Trinajstić information content (AvgIpc) is 2.82. The number of benzene rings is 2. The Balaban J connectivity index is 0.00000306. The van der Waals surface area contributed by atoms with Gasteiger partial charge in [0.2, 0.25) is 11.8 Å². The molecule has 0 aromatic heterocycles. The first kappa shape index (κ1) is 25.3. The Kier molecular flexibility index (Phi) is 8.93. The molecule has 33 heavy (non-hydrogen) atoms. The number of hydrogen-bond acceptors (Lipinski definition) is 3. The highest BCUT2D eigenvalue weighted by Crippen LogP contribution is 2.29. The highest BCUT2D eigenvalue weighted by molar-refractivity contribution is 5.92. The van der Waals surface area contributed by atoms with Crippen LogP contribution in [0.5, 0.6) is 0 Å². The first-order chi connectivity index (χ1) is 15.5. The second-order valence-corrected chi connectivity index (χ2v) is 9.64. The van der Waals surface area contributed by atoms with Crippen molar-refractivity contribution in [1.82, 2.24) is 10.6 Å². The normalized spacial score (nSPS) is 22.1. The van der Waals surface area contributed by atoms with Crippen molar-refractivity contribution in [2.24, 2.45) is 11.8 Å². The molecule has 2 aromatic rings. The first-order valence-electron chi connectivity index (χ1n) is 12.0. The maximum absolute atomic E-state index is 12.7. The fourth-order valence-electron chi connectivity index (χ4n) is 4.83. The molecule has 2 aliphatic rings. The Bertz CT molecular complexity index is 937. The molecule has 1 fully saturated rings. The fourth-order valence-corrected chi connectivity index (χ4v) is 4.83. The minimum Gasteiger partial charge on any atom is -0.354 e. The van der Waals surface area contributed by atoms with E-state index in [1.165, 1.54) is 16.7 Å². The van der Waals surface area contributed by atoms with Crippen LogP contribution in [-0.2, 0) is 22.6 Å². The zero-order chi connectivity index (χ0) is 22.5. The SMILES string of the molecule is CC(C)c1ccc(NC(=O)C2CCC(CNC(=O)C3Cc4ccccc4CN3)CC2)cc1.Cl. The summed E-state index contributed by atoms with van der Waals surface area (Å²) >= 11 is 0. The number of halogens is 1. The lowest BCUT2D eigenvalue weighted by Crippen LogP contribution is -2.48. The Morgan fingerprint density at radius 2 is 1.61 bits per heavy atom. The minimum absolute atomic E-state index is 0. The van der Waals surface area contributed by atoms with Gasteiger partial charge < -0.3 is 16.0 Å². The van der Waals surface area contributed by atoms with Gasteiger partial charge in [-0.25, -0.2) is 0 Å². The molecule has 0 bridgehead atoms. The van der Waals surface area contributed by atoms with E-state index in [4.69, 9.17) is 0 Å². The summed E-state index contributed by atoms with van der Waals surface area (Å²) in [4.78, 5) is 25.3. The second kappa shape index (κ2) is 11.7. The van der Waals surface area contributed by atoms with Crippen molar-refractivity contribution in [3.63, 3.8) is 0 Å². The van der Waals surface area contributed by atoms with Crippen LogP contribution in [-0.4, -0.2) is 24.4 Å².